The zero-order valence-corrected chi connectivity index (χ0v) is 20.5. The van der Waals surface area contributed by atoms with Crippen LogP contribution < -0.4 is 10.1 Å². The lowest BCUT2D eigenvalue weighted by Gasteiger charge is -2.32. The normalized spacial score (nSPS) is 13.3. The molecular formula is C25H32F2N4O3. The maximum Gasteiger partial charge on any atom is 0.407 e. The fraction of sp³-hybridized carbons (Fsp3) is 0.520. The molecule has 0 saturated carbocycles. The molecule has 0 saturated heterocycles. The zero-order chi connectivity index (χ0) is 25.5. The van der Waals surface area contributed by atoms with Gasteiger partial charge in [0.25, 0.3) is 6.43 Å². The van der Waals surface area contributed by atoms with Crippen LogP contribution in [0.3, 0.4) is 0 Å². The highest BCUT2D eigenvalue weighted by atomic mass is 19.3. The second-order valence-corrected chi connectivity index (χ2v) is 10.0. The second-order valence-electron chi connectivity index (χ2n) is 10.0. The van der Waals surface area contributed by atoms with Gasteiger partial charge in [0.05, 0.1) is 6.61 Å². The van der Waals surface area contributed by atoms with E-state index in [0.29, 0.717) is 23.6 Å². The number of nitrogens with zero attached hydrogens (tertiary/aromatic N) is 3. The van der Waals surface area contributed by atoms with Crippen molar-refractivity contribution in [2.24, 2.45) is 11.3 Å². The van der Waals surface area contributed by atoms with Gasteiger partial charge in [0, 0.05) is 29.9 Å². The van der Waals surface area contributed by atoms with Crippen molar-refractivity contribution in [3.8, 4) is 23.1 Å². The number of halogens is 2. The van der Waals surface area contributed by atoms with Crippen molar-refractivity contribution in [1.29, 1.82) is 5.26 Å². The number of amides is 1. The summed E-state index contributed by atoms with van der Waals surface area (Å²) >= 11 is 0. The van der Waals surface area contributed by atoms with Gasteiger partial charge in [0.1, 0.15) is 22.9 Å². The fourth-order valence-corrected chi connectivity index (χ4v) is 3.56. The number of nitrogens with one attached hydrogen (secondary N) is 1. The number of alkyl carbamates (subject to hydrolysis) is 1. The Morgan fingerprint density at radius 1 is 1.18 bits per heavy atom. The molecule has 0 aliphatic heterocycles. The van der Waals surface area contributed by atoms with Crippen LogP contribution >= 0.6 is 0 Å². The average Bonchev–Trinajstić information content (AvgIpc) is 2.75. The maximum atomic E-state index is 13.0. The first-order chi connectivity index (χ1) is 15.8. The number of hydrogen-bond donors (Lipinski definition) is 1. The largest absolute Gasteiger partial charge is 0.476 e. The Balaban J connectivity index is 2.17. The van der Waals surface area contributed by atoms with E-state index < -0.39 is 23.5 Å². The third-order valence-electron chi connectivity index (χ3n) is 4.83. The van der Waals surface area contributed by atoms with E-state index >= 15 is 0 Å². The van der Waals surface area contributed by atoms with Crippen molar-refractivity contribution in [3.05, 3.63) is 41.9 Å². The smallest absolute Gasteiger partial charge is 0.407 e. The number of rotatable bonds is 9. The number of hydrogen-bond acceptors (Lipinski definition) is 6. The standard InChI is InChI=1S/C25H32F2N4O3/c1-16(2)11-25(6,14-31-23(32)34-24(3,4)5)15-33-22-18(12-28)9-19(13-30-22)17-7-8-29-20(10-17)21(26)27/h7-10,13,16,21H,11,14-15H2,1-6H3,(H,31,32). The molecule has 0 spiro atoms. The van der Waals surface area contributed by atoms with E-state index in [1.165, 1.54) is 18.5 Å². The molecule has 7 nitrogen and oxygen atoms in total. The predicted octanol–water partition coefficient (Wildman–Crippen LogP) is 5.91. The lowest BCUT2D eigenvalue weighted by atomic mass is 9.82. The van der Waals surface area contributed by atoms with E-state index in [2.05, 4.69) is 35.2 Å². The van der Waals surface area contributed by atoms with Gasteiger partial charge in [-0.1, -0.05) is 20.8 Å². The summed E-state index contributed by atoms with van der Waals surface area (Å²) in [6, 6.07) is 6.45. The van der Waals surface area contributed by atoms with Gasteiger partial charge < -0.3 is 14.8 Å². The molecule has 0 aliphatic carbocycles. The van der Waals surface area contributed by atoms with Gasteiger partial charge in [-0.25, -0.2) is 18.6 Å². The first kappa shape index (κ1) is 27.0. The summed E-state index contributed by atoms with van der Waals surface area (Å²) in [5.74, 6) is 0.470. The van der Waals surface area contributed by atoms with Crippen LogP contribution in [0.15, 0.2) is 30.6 Å². The number of pyridine rings is 2. The monoisotopic (exact) mass is 474 g/mol. The molecule has 2 rings (SSSR count). The van der Waals surface area contributed by atoms with E-state index in [1.54, 1.807) is 32.9 Å². The van der Waals surface area contributed by atoms with Crippen LogP contribution in [-0.2, 0) is 4.74 Å². The quantitative estimate of drug-likeness (QED) is 0.485. The second kappa shape index (κ2) is 11.2. The summed E-state index contributed by atoms with van der Waals surface area (Å²) in [5.41, 5.74) is -0.238. The lowest BCUT2D eigenvalue weighted by molar-refractivity contribution is 0.0470. The van der Waals surface area contributed by atoms with Gasteiger partial charge in [0.15, 0.2) is 0 Å². The molecule has 9 heteroatoms. The minimum absolute atomic E-state index is 0.140. The number of aromatic nitrogens is 2. The van der Waals surface area contributed by atoms with Crippen molar-refractivity contribution < 1.29 is 23.0 Å². The van der Waals surface area contributed by atoms with Crippen LogP contribution in [0.25, 0.3) is 11.1 Å². The number of alkyl halides is 2. The van der Waals surface area contributed by atoms with Crippen LogP contribution in [0.1, 0.15) is 65.6 Å². The topological polar surface area (TPSA) is 97.1 Å². The highest BCUT2D eigenvalue weighted by molar-refractivity contribution is 5.67. The molecule has 0 fully saturated rings. The number of nitriles is 1. The lowest BCUT2D eigenvalue weighted by Crippen LogP contribution is -2.42. The molecule has 0 aliphatic rings. The van der Waals surface area contributed by atoms with E-state index in [4.69, 9.17) is 9.47 Å². The van der Waals surface area contributed by atoms with Crippen LogP contribution in [-0.4, -0.2) is 34.8 Å². The first-order valence-corrected chi connectivity index (χ1v) is 11.1. The maximum absolute atomic E-state index is 13.0. The van der Waals surface area contributed by atoms with E-state index in [9.17, 15) is 18.8 Å². The molecule has 1 atom stereocenters. The van der Waals surface area contributed by atoms with Crippen LogP contribution in [0.5, 0.6) is 5.88 Å². The highest BCUT2D eigenvalue weighted by Crippen LogP contribution is 2.30. The van der Waals surface area contributed by atoms with Gasteiger partial charge in [-0.3, -0.25) is 4.98 Å². The Morgan fingerprint density at radius 3 is 2.47 bits per heavy atom. The van der Waals surface area contributed by atoms with Crippen molar-refractivity contribution in [2.45, 2.75) is 60.0 Å². The predicted molar refractivity (Wildman–Crippen MR) is 124 cm³/mol. The summed E-state index contributed by atoms with van der Waals surface area (Å²) in [7, 11) is 0. The van der Waals surface area contributed by atoms with E-state index in [0.717, 1.165) is 6.42 Å². The molecule has 34 heavy (non-hydrogen) atoms. The Hall–Kier alpha value is -3.28. The third kappa shape index (κ3) is 8.25. The molecule has 184 valence electrons. The molecule has 1 N–H and O–H groups in total. The fourth-order valence-electron chi connectivity index (χ4n) is 3.56. The van der Waals surface area contributed by atoms with Crippen molar-refractivity contribution in [3.63, 3.8) is 0 Å². The number of carbonyl (C=O) groups excluding carboxylic acids is 1. The molecule has 0 aromatic carbocycles. The number of ether oxygens (including phenoxy) is 2. The van der Waals surface area contributed by atoms with Gasteiger partial charge in [0.2, 0.25) is 5.88 Å². The zero-order valence-electron chi connectivity index (χ0n) is 20.5. The molecule has 2 aromatic heterocycles. The summed E-state index contributed by atoms with van der Waals surface area (Å²) in [4.78, 5) is 20.0. The van der Waals surface area contributed by atoms with E-state index in [-0.39, 0.29) is 23.7 Å². The Bertz CT molecular complexity index is 1030. The minimum Gasteiger partial charge on any atom is -0.476 e. The van der Waals surface area contributed by atoms with Crippen LogP contribution in [0.2, 0.25) is 0 Å². The van der Waals surface area contributed by atoms with E-state index in [1.807, 2.05) is 6.92 Å². The molecule has 2 aromatic rings. The SMILES string of the molecule is CC(C)CC(C)(CNC(=O)OC(C)(C)C)COc1ncc(-c2ccnc(C(F)F)c2)cc1C#N. The molecule has 2 heterocycles. The Morgan fingerprint density at radius 2 is 1.88 bits per heavy atom. The summed E-state index contributed by atoms with van der Waals surface area (Å²) in [6.45, 7) is 12.0. The Labute approximate surface area is 199 Å². The van der Waals surface area contributed by atoms with Crippen LogP contribution in [0, 0.1) is 22.7 Å². The van der Waals surface area contributed by atoms with Crippen molar-refractivity contribution in [1.82, 2.24) is 15.3 Å². The van der Waals surface area contributed by atoms with Crippen molar-refractivity contribution >= 4 is 6.09 Å². The molecule has 0 bridgehead atoms. The van der Waals surface area contributed by atoms with Gasteiger partial charge in [-0.05, 0) is 56.9 Å². The molecule has 0 radical (unpaired) electrons. The molecule has 1 unspecified atom stereocenters. The molecular weight excluding hydrogens is 442 g/mol. The summed E-state index contributed by atoms with van der Waals surface area (Å²) in [5, 5.41) is 12.4. The summed E-state index contributed by atoms with van der Waals surface area (Å²) in [6.07, 6.45) is 0.305. The molecule has 1 amide bonds. The first-order valence-electron chi connectivity index (χ1n) is 11.1. The summed E-state index contributed by atoms with van der Waals surface area (Å²) < 4.78 is 37.2. The van der Waals surface area contributed by atoms with Gasteiger partial charge in [-0.2, -0.15) is 5.26 Å². The number of carbonyl (C=O) groups is 1. The average molecular weight is 475 g/mol. The van der Waals surface area contributed by atoms with Gasteiger partial charge >= 0.3 is 6.09 Å². The van der Waals surface area contributed by atoms with Gasteiger partial charge in [-0.15, -0.1) is 0 Å². The third-order valence-corrected chi connectivity index (χ3v) is 4.83. The minimum atomic E-state index is -2.70. The highest BCUT2D eigenvalue weighted by Gasteiger charge is 2.29. The van der Waals surface area contributed by atoms with Crippen molar-refractivity contribution in [2.75, 3.05) is 13.2 Å². The van der Waals surface area contributed by atoms with Crippen LogP contribution in [0.4, 0.5) is 13.6 Å². The Kier molecular flexibility index (Phi) is 8.91.